The Labute approximate surface area is 103 Å². The van der Waals surface area contributed by atoms with E-state index in [1.807, 2.05) is 17.9 Å². The fourth-order valence-electron chi connectivity index (χ4n) is 2.34. The van der Waals surface area contributed by atoms with Crippen molar-refractivity contribution in [2.24, 2.45) is 7.05 Å². The minimum Gasteiger partial charge on any atom is -0.308 e. The number of nitrogens with one attached hydrogen (secondary N) is 1. The third-order valence-corrected chi connectivity index (χ3v) is 3.64. The van der Waals surface area contributed by atoms with E-state index in [-0.39, 0.29) is 0 Å². The molecule has 0 saturated carbocycles. The van der Waals surface area contributed by atoms with Gasteiger partial charge < -0.3 is 10.2 Å². The number of hydrogen-bond donors (Lipinski definition) is 1. The number of likely N-dealkylation sites (tertiary alicyclic amines) is 1. The number of hydrogen-bond acceptors (Lipinski definition) is 4. The Kier molecular flexibility index (Phi) is 4.12. The van der Waals surface area contributed by atoms with Gasteiger partial charge in [0.25, 0.3) is 0 Å². The molecule has 0 aliphatic carbocycles. The smallest absolute Gasteiger partial charge is 0.0738 e. The molecule has 0 bridgehead atoms. The molecule has 2 heterocycles. The van der Waals surface area contributed by atoms with Crippen molar-refractivity contribution in [1.29, 1.82) is 0 Å². The van der Waals surface area contributed by atoms with E-state index in [1.54, 1.807) is 0 Å². The summed E-state index contributed by atoms with van der Waals surface area (Å²) in [5.41, 5.74) is 1.15. The Balaban J connectivity index is 1.74. The van der Waals surface area contributed by atoms with Gasteiger partial charge in [0.1, 0.15) is 0 Å². The van der Waals surface area contributed by atoms with E-state index in [0.717, 1.165) is 12.2 Å². The first-order chi connectivity index (χ1) is 8.16. The summed E-state index contributed by atoms with van der Waals surface area (Å²) in [7, 11) is 1.94. The molecule has 0 unspecified atom stereocenters. The zero-order valence-corrected chi connectivity index (χ0v) is 11.1. The molecule has 5 nitrogen and oxygen atoms in total. The van der Waals surface area contributed by atoms with Gasteiger partial charge in [-0.25, -0.2) is 0 Å². The summed E-state index contributed by atoms with van der Waals surface area (Å²) in [5, 5.41) is 11.4. The van der Waals surface area contributed by atoms with Crippen molar-refractivity contribution in [3.63, 3.8) is 0 Å². The number of aryl methyl sites for hydroxylation is 1. The molecule has 0 spiro atoms. The SMILES string of the molecule is CC(C)N1CCC(NCc2cnnn2C)CC1. The lowest BCUT2D eigenvalue weighted by molar-refractivity contribution is 0.160. The molecule has 1 saturated heterocycles. The van der Waals surface area contributed by atoms with Crippen LogP contribution in [-0.2, 0) is 13.6 Å². The predicted octanol–water partition coefficient (Wildman–Crippen LogP) is 0.777. The first kappa shape index (κ1) is 12.5. The molecule has 1 fully saturated rings. The van der Waals surface area contributed by atoms with E-state index in [1.165, 1.54) is 25.9 Å². The van der Waals surface area contributed by atoms with Crippen LogP contribution in [-0.4, -0.2) is 45.1 Å². The molecule has 1 aliphatic heterocycles. The third-order valence-electron chi connectivity index (χ3n) is 3.64. The zero-order valence-electron chi connectivity index (χ0n) is 11.1. The molecule has 5 heteroatoms. The summed E-state index contributed by atoms with van der Waals surface area (Å²) in [6.07, 6.45) is 4.31. The van der Waals surface area contributed by atoms with E-state index in [2.05, 4.69) is 34.4 Å². The lowest BCUT2D eigenvalue weighted by Gasteiger charge is -2.34. The maximum Gasteiger partial charge on any atom is 0.0738 e. The van der Waals surface area contributed by atoms with Gasteiger partial charge in [-0.05, 0) is 39.8 Å². The van der Waals surface area contributed by atoms with Crippen molar-refractivity contribution in [2.45, 2.75) is 45.3 Å². The van der Waals surface area contributed by atoms with Crippen molar-refractivity contribution in [3.8, 4) is 0 Å². The van der Waals surface area contributed by atoms with Crippen LogP contribution < -0.4 is 5.32 Å². The molecule has 1 aliphatic rings. The van der Waals surface area contributed by atoms with Crippen molar-refractivity contribution < 1.29 is 0 Å². The minimum atomic E-state index is 0.639. The van der Waals surface area contributed by atoms with Gasteiger partial charge in [0, 0.05) is 25.7 Å². The van der Waals surface area contributed by atoms with Crippen LogP contribution in [0.4, 0.5) is 0 Å². The van der Waals surface area contributed by atoms with Crippen LogP contribution in [0.1, 0.15) is 32.4 Å². The quantitative estimate of drug-likeness (QED) is 0.840. The number of piperidine rings is 1. The van der Waals surface area contributed by atoms with E-state index in [4.69, 9.17) is 0 Å². The Morgan fingerprint density at radius 1 is 1.41 bits per heavy atom. The molecular formula is C12H23N5. The van der Waals surface area contributed by atoms with Gasteiger partial charge in [-0.2, -0.15) is 0 Å². The molecule has 0 atom stereocenters. The summed E-state index contributed by atoms with van der Waals surface area (Å²) >= 11 is 0. The highest BCUT2D eigenvalue weighted by atomic mass is 15.4. The van der Waals surface area contributed by atoms with E-state index in [9.17, 15) is 0 Å². The van der Waals surface area contributed by atoms with Crippen molar-refractivity contribution in [3.05, 3.63) is 11.9 Å². The highest BCUT2D eigenvalue weighted by Gasteiger charge is 2.20. The standard InChI is InChI=1S/C12H23N5/c1-10(2)17-6-4-11(5-7-17)13-8-12-9-14-15-16(12)3/h9-11,13H,4-8H2,1-3H3. The van der Waals surface area contributed by atoms with Gasteiger partial charge in [0.15, 0.2) is 0 Å². The maximum absolute atomic E-state index is 3.93. The van der Waals surface area contributed by atoms with Crippen molar-refractivity contribution in [2.75, 3.05) is 13.1 Å². The van der Waals surface area contributed by atoms with Gasteiger partial charge in [0.05, 0.1) is 11.9 Å². The second-order valence-electron chi connectivity index (χ2n) is 5.13. The van der Waals surface area contributed by atoms with Crippen LogP contribution in [0, 0.1) is 0 Å². The van der Waals surface area contributed by atoms with Crippen LogP contribution >= 0.6 is 0 Å². The first-order valence-corrected chi connectivity index (χ1v) is 6.48. The fourth-order valence-corrected chi connectivity index (χ4v) is 2.34. The Hall–Kier alpha value is -0.940. The second kappa shape index (κ2) is 5.60. The summed E-state index contributed by atoms with van der Waals surface area (Å²) in [5.74, 6) is 0. The number of nitrogens with zero attached hydrogens (tertiary/aromatic N) is 4. The van der Waals surface area contributed by atoms with Gasteiger partial charge in [-0.1, -0.05) is 5.21 Å². The van der Waals surface area contributed by atoms with Gasteiger partial charge in [-0.15, -0.1) is 5.10 Å². The molecule has 2 rings (SSSR count). The monoisotopic (exact) mass is 237 g/mol. The van der Waals surface area contributed by atoms with Crippen LogP contribution in [0.15, 0.2) is 6.20 Å². The number of aromatic nitrogens is 3. The fraction of sp³-hybridized carbons (Fsp3) is 0.833. The highest BCUT2D eigenvalue weighted by Crippen LogP contribution is 2.13. The van der Waals surface area contributed by atoms with Gasteiger partial charge >= 0.3 is 0 Å². The molecule has 1 aromatic rings. The molecule has 1 N–H and O–H groups in total. The molecule has 17 heavy (non-hydrogen) atoms. The summed E-state index contributed by atoms with van der Waals surface area (Å²) < 4.78 is 1.83. The average Bonchev–Trinajstić information content (AvgIpc) is 2.73. The molecule has 96 valence electrons. The lowest BCUT2D eigenvalue weighted by atomic mass is 10.0. The lowest BCUT2D eigenvalue weighted by Crippen LogP contribution is -2.44. The van der Waals surface area contributed by atoms with E-state index >= 15 is 0 Å². The van der Waals surface area contributed by atoms with Crippen molar-refractivity contribution >= 4 is 0 Å². The summed E-state index contributed by atoms with van der Waals surface area (Å²) in [4.78, 5) is 2.55. The van der Waals surface area contributed by atoms with Gasteiger partial charge in [0.2, 0.25) is 0 Å². The second-order valence-corrected chi connectivity index (χ2v) is 5.13. The van der Waals surface area contributed by atoms with Crippen LogP contribution in [0.2, 0.25) is 0 Å². The van der Waals surface area contributed by atoms with E-state index in [0.29, 0.717) is 12.1 Å². The Bertz CT molecular complexity index is 338. The highest BCUT2D eigenvalue weighted by molar-refractivity contribution is 4.93. The average molecular weight is 237 g/mol. The predicted molar refractivity (Wildman–Crippen MR) is 67.6 cm³/mol. The normalized spacial score (nSPS) is 19.1. The molecular weight excluding hydrogens is 214 g/mol. The molecule has 0 radical (unpaired) electrons. The maximum atomic E-state index is 3.93. The minimum absolute atomic E-state index is 0.639. The Morgan fingerprint density at radius 3 is 2.65 bits per heavy atom. The first-order valence-electron chi connectivity index (χ1n) is 6.48. The van der Waals surface area contributed by atoms with Gasteiger partial charge in [-0.3, -0.25) is 4.68 Å². The van der Waals surface area contributed by atoms with Crippen molar-refractivity contribution in [1.82, 2.24) is 25.2 Å². The summed E-state index contributed by atoms with van der Waals surface area (Å²) in [6, 6.07) is 1.32. The zero-order chi connectivity index (χ0) is 12.3. The van der Waals surface area contributed by atoms with Crippen LogP contribution in [0.25, 0.3) is 0 Å². The van der Waals surface area contributed by atoms with E-state index < -0.39 is 0 Å². The topological polar surface area (TPSA) is 46.0 Å². The largest absolute Gasteiger partial charge is 0.308 e. The number of rotatable bonds is 4. The van der Waals surface area contributed by atoms with Crippen LogP contribution in [0.3, 0.4) is 0 Å². The summed E-state index contributed by atoms with van der Waals surface area (Å²) in [6.45, 7) is 7.83. The Morgan fingerprint density at radius 2 is 2.12 bits per heavy atom. The molecule has 1 aromatic heterocycles. The van der Waals surface area contributed by atoms with Crippen LogP contribution in [0.5, 0.6) is 0 Å². The third kappa shape index (κ3) is 3.26. The molecule has 0 aromatic carbocycles. The molecule has 0 amide bonds.